The normalized spacial score (nSPS) is 13.1. The third-order valence-electron chi connectivity index (χ3n) is 4.65. The predicted octanol–water partition coefficient (Wildman–Crippen LogP) is 2.21. The summed E-state index contributed by atoms with van der Waals surface area (Å²) in [6.07, 6.45) is 2.50. The van der Waals surface area contributed by atoms with Gasteiger partial charge in [-0.05, 0) is 29.7 Å². The molecule has 8 heteroatoms. The van der Waals surface area contributed by atoms with E-state index >= 15 is 0 Å². The number of aromatic amines is 1. The first-order chi connectivity index (χ1) is 13.6. The van der Waals surface area contributed by atoms with Crippen molar-refractivity contribution < 1.29 is 9.59 Å². The van der Waals surface area contributed by atoms with Crippen LogP contribution >= 0.6 is 11.3 Å². The zero-order valence-corrected chi connectivity index (χ0v) is 15.8. The predicted molar refractivity (Wildman–Crippen MR) is 106 cm³/mol. The van der Waals surface area contributed by atoms with Gasteiger partial charge in [0.25, 0.3) is 11.5 Å². The fraction of sp³-hybridized carbons (Fsp3) is 0.200. The van der Waals surface area contributed by atoms with Gasteiger partial charge < -0.3 is 9.88 Å². The standard InChI is InChI=1S/C20H18N4O3S/c25-17(24-9-7-13-4-1-2-5-14(13)11-24)10-15-12-28-20(22-15)23-19(27)16-6-3-8-21-18(16)26/h1-6,8,12H,7,9-11H2,(H,21,26)(H,22,23,27). The monoisotopic (exact) mass is 394 g/mol. The Morgan fingerprint density at radius 2 is 2.00 bits per heavy atom. The first-order valence-corrected chi connectivity index (χ1v) is 9.76. The second-order valence-corrected chi connectivity index (χ2v) is 7.38. The summed E-state index contributed by atoms with van der Waals surface area (Å²) < 4.78 is 0. The van der Waals surface area contributed by atoms with Crippen LogP contribution in [0.5, 0.6) is 0 Å². The molecule has 2 aromatic heterocycles. The number of benzene rings is 1. The average Bonchev–Trinajstić information content (AvgIpc) is 3.14. The number of fused-ring (bicyclic) bond motifs is 1. The molecule has 2 amide bonds. The molecule has 0 saturated carbocycles. The minimum atomic E-state index is -0.526. The number of nitrogens with zero attached hydrogens (tertiary/aromatic N) is 2. The van der Waals surface area contributed by atoms with Gasteiger partial charge in [-0.1, -0.05) is 24.3 Å². The lowest BCUT2D eigenvalue weighted by atomic mass is 10.00. The van der Waals surface area contributed by atoms with Gasteiger partial charge >= 0.3 is 0 Å². The van der Waals surface area contributed by atoms with Gasteiger partial charge in [-0.3, -0.25) is 19.7 Å². The van der Waals surface area contributed by atoms with Gasteiger partial charge in [0.15, 0.2) is 5.13 Å². The van der Waals surface area contributed by atoms with Crippen LogP contribution in [0.15, 0.2) is 52.8 Å². The summed E-state index contributed by atoms with van der Waals surface area (Å²) in [5.74, 6) is -0.515. The van der Waals surface area contributed by atoms with E-state index in [9.17, 15) is 14.4 Å². The van der Waals surface area contributed by atoms with E-state index in [0.29, 0.717) is 23.9 Å². The third-order valence-corrected chi connectivity index (χ3v) is 5.46. The van der Waals surface area contributed by atoms with Gasteiger partial charge in [-0.2, -0.15) is 0 Å². The largest absolute Gasteiger partial charge is 0.338 e. The SMILES string of the molecule is O=C(Nc1nc(CC(=O)N2CCc3ccccc3C2)cs1)c1ccc[nH]c1=O. The molecular formula is C20H18N4O3S. The van der Waals surface area contributed by atoms with Crippen LogP contribution in [0.4, 0.5) is 5.13 Å². The molecule has 7 nitrogen and oxygen atoms in total. The number of amides is 2. The van der Waals surface area contributed by atoms with Crippen molar-refractivity contribution in [3.63, 3.8) is 0 Å². The van der Waals surface area contributed by atoms with Gasteiger partial charge in [0.1, 0.15) is 5.56 Å². The van der Waals surface area contributed by atoms with E-state index in [0.717, 1.165) is 6.42 Å². The molecule has 0 spiro atoms. The average molecular weight is 394 g/mol. The molecule has 4 rings (SSSR count). The Hall–Kier alpha value is -3.26. The van der Waals surface area contributed by atoms with E-state index in [1.807, 2.05) is 17.0 Å². The van der Waals surface area contributed by atoms with Crippen molar-refractivity contribution in [1.29, 1.82) is 0 Å². The van der Waals surface area contributed by atoms with Gasteiger partial charge in [-0.15, -0.1) is 11.3 Å². The van der Waals surface area contributed by atoms with Crippen LogP contribution in [0.1, 0.15) is 27.2 Å². The highest BCUT2D eigenvalue weighted by Crippen LogP contribution is 2.21. The smallest absolute Gasteiger partial charge is 0.263 e. The van der Waals surface area contributed by atoms with Crippen molar-refractivity contribution in [2.24, 2.45) is 0 Å². The zero-order valence-electron chi connectivity index (χ0n) is 15.0. The molecule has 1 aromatic carbocycles. The number of H-pyrrole nitrogens is 1. The van der Waals surface area contributed by atoms with Crippen LogP contribution in [0, 0.1) is 0 Å². The summed E-state index contributed by atoms with van der Waals surface area (Å²) in [5.41, 5.74) is 2.63. The molecule has 0 saturated heterocycles. The van der Waals surface area contributed by atoms with Crippen LogP contribution in [-0.4, -0.2) is 33.2 Å². The van der Waals surface area contributed by atoms with Crippen molar-refractivity contribution in [1.82, 2.24) is 14.9 Å². The quantitative estimate of drug-likeness (QED) is 0.709. The molecule has 142 valence electrons. The van der Waals surface area contributed by atoms with Crippen LogP contribution in [0.2, 0.25) is 0 Å². The zero-order chi connectivity index (χ0) is 19.5. The summed E-state index contributed by atoms with van der Waals surface area (Å²) in [7, 11) is 0. The van der Waals surface area contributed by atoms with Gasteiger partial charge in [0.05, 0.1) is 12.1 Å². The number of hydrogen-bond acceptors (Lipinski definition) is 5. The Bertz CT molecular complexity index is 1090. The summed E-state index contributed by atoms with van der Waals surface area (Å²) in [6.45, 7) is 1.31. The Morgan fingerprint density at radius 3 is 2.82 bits per heavy atom. The van der Waals surface area contributed by atoms with E-state index in [1.54, 1.807) is 11.4 Å². The second-order valence-electron chi connectivity index (χ2n) is 6.52. The molecule has 0 unspecified atom stereocenters. The molecule has 1 aliphatic rings. The Kier molecular flexibility index (Phi) is 5.03. The number of rotatable bonds is 4. The highest BCUT2D eigenvalue weighted by atomic mass is 32.1. The minimum Gasteiger partial charge on any atom is -0.338 e. The van der Waals surface area contributed by atoms with Gasteiger partial charge in [-0.25, -0.2) is 4.98 Å². The lowest BCUT2D eigenvalue weighted by molar-refractivity contribution is -0.131. The number of pyridine rings is 1. The van der Waals surface area contributed by atoms with E-state index in [2.05, 4.69) is 27.4 Å². The Morgan fingerprint density at radius 1 is 1.18 bits per heavy atom. The first kappa shape index (κ1) is 18.1. The second kappa shape index (κ2) is 7.77. The maximum Gasteiger partial charge on any atom is 0.263 e. The van der Waals surface area contributed by atoms with Crippen molar-refractivity contribution >= 4 is 28.3 Å². The molecular weight excluding hydrogens is 376 g/mol. The fourth-order valence-electron chi connectivity index (χ4n) is 3.19. The van der Waals surface area contributed by atoms with E-state index in [4.69, 9.17) is 0 Å². The molecule has 0 atom stereocenters. The van der Waals surface area contributed by atoms with Crippen molar-refractivity contribution in [2.45, 2.75) is 19.4 Å². The molecule has 1 aliphatic heterocycles. The summed E-state index contributed by atoms with van der Waals surface area (Å²) in [6, 6.07) is 11.2. The third kappa shape index (κ3) is 3.86. The minimum absolute atomic E-state index is 0.0113. The number of hydrogen-bond donors (Lipinski definition) is 2. The highest BCUT2D eigenvalue weighted by Gasteiger charge is 2.21. The van der Waals surface area contributed by atoms with Crippen LogP contribution < -0.4 is 10.9 Å². The molecule has 0 bridgehead atoms. The highest BCUT2D eigenvalue weighted by molar-refractivity contribution is 7.14. The summed E-state index contributed by atoms with van der Waals surface area (Å²) in [4.78, 5) is 45.1. The van der Waals surface area contributed by atoms with Crippen molar-refractivity contribution in [3.8, 4) is 0 Å². The Labute approximate surface area is 165 Å². The van der Waals surface area contributed by atoms with E-state index in [-0.39, 0.29) is 17.9 Å². The number of aromatic nitrogens is 2. The lowest BCUT2D eigenvalue weighted by Gasteiger charge is -2.28. The van der Waals surface area contributed by atoms with Gasteiger partial charge in [0.2, 0.25) is 5.91 Å². The van der Waals surface area contributed by atoms with Crippen LogP contribution in [0.25, 0.3) is 0 Å². The molecule has 0 fully saturated rings. The topological polar surface area (TPSA) is 95.2 Å². The molecule has 2 N–H and O–H groups in total. The van der Waals surface area contributed by atoms with E-state index < -0.39 is 11.5 Å². The molecule has 0 aliphatic carbocycles. The van der Waals surface area contributed by atoms with E-state index in [1.165, 1.54) is 34.7 Å². The molecule has 28 heavy (non-hydrogen) atoms. The number of carbonyl (C=O) groups excluding carboxylic acids is 2. The Balaban J connectivity index is 1.38. The number of carbonyl (C=O) groups is 2. The molecule has 0 radical (unpaired) electrons. The number of nitrogens with one attached hydrogen (secondary N) is 2. The molecule has 3 aromatic rings. The fourth-order valence-corrected chi connectivity index (χ4v) is 3.89. The van der Waals surface area contributed by atoms with Crippen molar-refractivity contribution in [3.05, 3.63) is 80.7 Å². The van der Waals surface area contributed by atoms with Gasteiger partial charge in [0, 0.05) is 24.7 Å². The summed E-state index contributed by atoms with van der Waals surface area (Å²) in [5, 5.41) is 4.72. The number of thiazole rings is 1. The van der Waals surface area contributed by atoms with Crippen LogP contribution in [0.3, 0.4) is 0 Å². The maximum atomic E-state index is 12.6. The maximum absolute atomic E-state index is 12.6. The lowest BCUT2D eigenvalue weighted by Crippen LogP contribution is -2.36. The molecule has 3 heterocycles. The van der Waals surface area contributed by atoms with Crippen LogP contribution in [-0.2, 0) is 24.2 Å². The summed E-state index contributed by atoms with van der Waals surface area (Å²) >= 11 is 1.23. The number of anilines is 1. The first-order valence-electron chi connectivity index (χ1n) is 8.88. The van der Waals surface area contributed by atoms with Crippen molar-refractivity contribution in [2.75, 3.05) is 11.9 Å².